The highest BCUT2D eigenvalue weighted by Gasteiger charge is 2.19. The SMILES string of the molecule is CCN(CC)c1ncc(C(=O)N2CCOCC2)cn1. The first-order valence-electron chi connectivity index (χ1n) is 6.70. The number of aromatic nitrogens is 2. The van der Waals surface area contributed by atoms with E-state index in [0.29, 0.717) is 37.8 Å². The molecule has 0 aliphatic carbocycles. The second kappa shape index (κ2) is 6.47. The first-order chi connectivity index (χ1) is 9.26. The molecule has 0 unspecified atom stereocenters. The van der Waals surface area contributed by atoms with Gasteiger partial charge in [0, 0.05) is 38.6 Å². The van der Waals surface area contributed by atoms with Crippen LogP contribution in [0, 0.1) is 0 Å². The van der Waals surface area contributed by atoms with Gasteiger partial charge in [-0.2, -0.15) is 0 Å². The van der Waals surface area contributed by atoms with Gasteiger partial charge in [0.05, 0.1) is 18.8 Å². The zero-order chi connectivity index (χ0) is 13.7. The van der Waals surface area contributed by atoms with Crippen molar-refractivity contribution in [3.63, 3.8) is 0 Å². The van der Waals surface area contributed by atoms with E-state index in [9.17, 15) is 4.79 Å². The average Bonchev–Trinajstić information content (AvgIpc) is 2.49. The standard InChI is InChI=1S/C13H20N4O2/c1-3-16(4-2)13-14-9-11(10-15-13)12(18)17-5-7-19-8-6-17/h9-10H,3-8H2,1-2H3. The molecule has 2 rings (SSSR count). The summed E-state index contributed by atoms with van der Waals surface area (Å²) in [6.45, 7) is 8.29. The molecule has 1 amide bonds. The van der Waals surface area contributed by atoms with Crippen LogP contribution in [0.25, 0.3) is 0 Å². The van der Waals surface area contributed by atoms with Crippen molar-refractivity contribution in [1.82, 2.24) is 14.9 Å². The number of nitrogens with zero attached hydrogens (tertiary/aromatic N) is 4. The van der Waals surface area contributed by atoms with E-state index in [1.807, 2.05) is 4.90 Å². The van der Waals surface area contributed by atoms with Crippen LogP contribution in [-0.4, -0.2) is 60.2 Å². The van der Waals surface area contributed by atoms with Gasteiger partial charge < -0.3 is 14.5 Å². The molecule has 1 aromatic rings. The molecule has 0 saturated carbocycles. The van der Waals surface area contributed by atoms with Gasteiger partial charge >= 0.3 is 0 Å². The van der Waals surface area contributed by atoms with Gasteiger partial charge in [0.2, 0.25) is 5.95 Å². The number of ether oxygens (including phenoxy) is 1. The maximum atomic E-state index is 12.2. The summed E-state index contributed by atoms with van der Waals surface area (Å²) in [6.07, 6.45) is 3.22. The third-order valence-corrected chi connectivity index (χ3v) is 3.23. The minimum atomic E-state index is -0.0191. The predicted molar refractivity (Wildman–Crippen MR) is 72.3 cm³/mol. The van der Waals surface area contributed by atoms with Crippen LogP contribution in [-0.2, 0) is 4.74 Å². The molecule has 0 N–H and O–H groups in total. The number of carbonyl (C=O) groups is 1. The zero-order valence-corrected chi connectivity index (χ0v) is 11.5. The second-order valence-corrected chi connectivity index (χ2v) is 4.35. The number of carbonyl (C=O) groups excluding carboxylic acids is 1. The van der Waals surface area contributed by atoms with Crippen LogP contribution in [0.1, 0.15) is 24.2 Å². The Kier molecular flexibility index (Phi) is 4.68. The lowest BCUT2D eigenvalue weighted by atomic mass is 10.3. The Balaban J connectivity index is 2.06. The van der Waals surface area contributed by atoms with Crippen molar-refractivity contribution < 1.29 is 9.53 Å². The van der Waals surface area contributed by atoms with Gasteiger partial charge in [-0.1, -0.05) is 0 Å². The van der Waals surface area contributed by atoms with E-state index in [4.69, 9.17) is 4.74 Å². The van der Waals surface area contributed by atoms with Crippen molar-refractivity contribution >= 4 is 11.9 Å². The van der Waals surface area contributed by atoms with Gasteiger partial charge in [-0.3, -0.25) is 4.79 Å². The molecule has 104 valence electrons. The largest absolute Gasteiger partial charge is 0.378 e. The Morgan fingerprint density at radius 2 is 1.84 bits per heavy atom. The number of hydrogen-bond acceptors (Lipinski definition) is 5. The molecule has 1 aliphatic heterocycles. The monoisotopic (exact) mass is 264 g/mol. The van der Waals surface area contributed by atoms with E-state index in [1.54, 1.807) is 17.3 Å². The summed E-state index contributed by atoms with van der Waals surface area (Å²) in [6, 6.07) is 0. The summed E-state index contributed by atoms with van der Waals surface area (Å²) in [7, 11) is 0. The van der Waals surface area contributed by atoms with E-state index in [1.165, 1.54) is 0 Å². The van der Waals surface area contributed by atoms with Crippen LogP contribution >= 0.6 is 0 Å². The summed E-state index contributed by atoms with van der Waals surface area (Å²) >= 11 is 0. The summed E-state index contributed by atoms with van der Waals surface area (Å²) in [5, 5.41) is 0. The highest BCUT2D eigenvalue weighted by Crippen LogP contribution is 2.09. The third kappa shape index (κ3) is 3.20. The minimum absolute atomic E-state index is 0.0191. The first kappa shape index (κ1) is 13.7. The molecule has 2 heterocycles. The smallest absolute Gasteiger partial charge is 0.257 e. The Morgan fingerprint density at radius 3 is 2.37 bits per heavy atom. The molecule has 1 saturated heterocycles. The molecule has 1 fully saturated rings. The van der Waals surface area contributed by atoms with Gasteiger partial charge in [0.1, 0.15) is 0 Å². The molecule has 0 radical (unpaired) electrons. The van der Waals surface area contributed by atoms with Gasteiger partial charge in [0.15, 0.2) is 0 Å². The number of morpholine rings is 1. The molecule has 6 heteroatoms. The average molecular weight is 264 g/mol. The van der Waals surface area contributed by atoms with Gasteiger partial charge in [-0.05, 0) is 13.8 Å². The van der Waals surface area contributed by atoms with Crippen molar-refractivity contribution in [2.45, 2.75) is 13.8 Å². The normalized spacial score (nSPS) is 15.4. The van der Waals surface area contributed by atoms with Crippen molar-refractivity contribution in [3.8, 4) is 0 Å². The Hall–Kier alpha value is -1.69. The Labute approximate surface area is 113 Å². The zero-order valence-electron chi connectivity index (χ0n) is 11.5. The highest BCUT2D eigenvalue weighted by atomic mass is 16.5. The maximum absolute atomic E-state index is 12.2. The molecule has 0 atom stereocenters. The molecule has 0 aromatic carbocycles. The number of hydrogen-bond donors (Lipinski definition) is 0. The quantitative estimate of drug-likeness (QED) is 0.805. The molecule has 6 nitrogen and oxygen atoms in total. The van der Waals surface area contributed by atoms with Crippen molar-refractivity contribution in [1.29, 1.82) is 0 Å². The molecule has 1 aromatic heterocycles. The second-order valence-electron chi connectivity index (χ2n) is 4.35. The van der Waals surface area contributed by atoms with Crippen LogP contribution < -0.4 is 4.90 Å². The maximum Gasteiger partial charge on any atom is 0.257 e. The van der Waals surface area contributed by atoms with E-state index in [0.717, 1.165) is 13.1 Å². The molecular formula is C13H20N4O2. The minimum Gasteiger partial charge on any atom is -0.378 e. The highest BCUT2D eigenvalue weighted by molar-refractivity contribution is 5.93. The Bertz CT molecular complexity index is 411. The fourth-order valence-corrected chi connectivity index (χ4v) is 2.05. The summed E-state index contributed by atoms with van der Waals surface area (Å²) in [4.78, 5) is 24.6. The third-order valence-electron chi connectivity index (χ3n) is 3.23. The summed E-state index contributed by atoms with van der Waals surface area (Å²) in [5.41, 5.74) is 0.540. The molecule has 19 heavy (non-hydrogen) atoms. The van der Waals surface area contributed by atoms with Gasteiger partial charge in [-0.25, -0.2) is 9.97 Å². The summed E-state index contributed by atoms with van der Waals surface area (Å²) < 4.78 is 5.23. The molecular weight excluding hydrogens is 244 g/mol. The van der Waals surface area contributed by atoms with E-state index in [2.05, 4.69) is 23.8 Å². The fourth-order valence-electron chi connectivity index (χ4n) is 2.05. The topological polar surface area (TPSA) is 58.6 Å². The lowest BCUT2D eigenvalue weighted by Crippen LogP contribution is -2.40. The first-order valence-corrected chi connectivity index (χ1v) is 6.70. The number of anilines is 1. The lowest BCUT2D eigenvalue weighted by molar-refractivity contribution is 0.0302. The van der Waals surface area contributed by atoms with Crippen LogP contribution in [0.3, 0.4) is 0 Å². The van der Waals surface area contributed by atoms with Crippen LogP contribution in [0.2, 0.25) is 0 Å². The van der Waals surface area contributed by atoms with Crippen molar-refractivity contribution in [3.05, 3.63) is 18.0 Å². The van der Waals surface area contributed by atoms with Crippen molar-refractivity contribution in [2.75, 3.05) is 44.3 Å². The molecule has 0 spiro atoms. The Morgan fingerprint density at radius 1 is 1.26 bits per heavy atom. The molecule has 1 aliphatic rings. The van der Waals surface area contributed by atoms with Crippen LogP contribution in [0.15, 0.2) is 12.4 Å². The fraction of sp³-hybridized carbons (Fsp3) is 0.615. The lowest BCUT2D eigenvalue weighted by Gasteiger charge is -2.26. The van der Waals surface area contributed by atoms with Crippen LogP contribution in [0.4, 0.5) is 5.95 Å². The van der Waals surface area contributed by atoms with Gasteiger partial charge in [-0.15, -0.1) is 0 Å². The molecule has 0 bridgehead atoms. The predicted octanol–water partition coefficient (Wildman–Crippen LogP) is 0.795. The van der Waals surface area contributed by atoms with Crippen molar-refractivity contribution in [2.24, 2.45) is 0 Å². The van der Waals surface area contributed by atoms with E-state index < -0.39 is 0 Å². The summed E-state index contributed by atoms with van der Waals surface area (Å²) in [5.74, 6) is 0.651. The number of rotatable bonds is 4. The number of amides is 1. The van der Waals surface area contributed by atoms with Crippen LogP contribution in [0.5, 0.6) is 0 Å². The van der Waals surface area contributed by atoms with Gasteiger partial charge in [0.25, 0.3) is 5.91 Å². The van der Waals surface area contributed by atoms with E-state index in [-0.39, 0.29) is 5.91 Å². The van der Waals surface area contributed by atoms with E-state index >= 15 is 0 Å².